The van der Waals surface area contributed by atoms with Crippen molar-refractivity contribution in [2.45, 2.75) is 53.4 Å². The van der Waals surface area contributed by atoms with Crippen LogP contribution in [0.3, 0.4) is 0 Å². The minimum absolute atomic E-state index is 0.584. The van der Waals surface area contributed by atoms with Gasteiger partial charge in [-0.1, -0.05) is 32.4 Å². The van der Waals surface area contributed by atoms with Gasteiger partial charge in [0.2, 0.25) is 0 Å². The zero-order valence-corrected chi connectivity index (χ0v) is 11.2. The van der Waals surface area contributed by atoms with Crippen LogP contribution in [0, 0.1) is 11.8 Å². The van der Waals surface area contributed by atoms with Crippen molar-refractivity contribution in [3.8, 4) is 0 Å². The number of hydrogen-bond acceptors (Lipinski definition) is 1. The molecule has 0 aromatic carbocycles. The Bertz CT molecular complexity index is 305. The summed E-state index contributed by atoms with van der Waals surface area (Å²) in [7, 11) is 0. The second kappa shape index (κ2) is 6.03. The van der Waals surface area contributed by atoms with Gasteiger partial charge in [-0.15, -0.1) is 0 Å². The van der Waals surface area contributed by atoms with E-state index in [0.29, 0.717) is 5.92 Å². The molecule has 1 aliphatic rings. The topological polar surface area (TPSA) is 12.4 Å². The molecule has 0 N–H and O–H groups in total. The van der Waals surface area contributed by atoms with E-state index in [1.165, 1.54) is 30.5 Å². The lowest BCUT2D eigenvalue weighted by molar-refractivity contribution is 0.375. The molecular weight excluding hydrogens is 194 g/mol. The Balaban J connectivity index is 2.58. The van der Waals surface area contributed by atoms with Crippen LogP contribution in [-0.2, 0) is 0 Å². The standard InChI is InChI=1S/C15H25N/c1-6-11(2)14(5)16-13(4)10-12(3)15-8-7-9-15/h10-11,15H,3,6-9H2,1-2,4-5H3/b13-10-,16-14?. The molecular formula is C15H25N. The van der Waals surface area contributed by atoms with Crippen molar-refractivity contribution in [1.29, 1.82) is 0 Å². The van der Waals surface area contributed by atoms with E-state index in [1.54, 1.807) is 0 Å². The van der Waals surface area contributed by atoms with Gasteiger partial charge in [-0.2, -0.15) is 0 Å². The predicted molar refractivity (Wildman–Crippen MR) is 72.8 cm³/mol. The SMILES string of the molecule is C=C(/C=C(/C)N=C(C)C(C)CC)C1CCC1. The Labute approximate surface area is 100 Å². The van der Waals surface area contributed by atoms with E-state index in [2.05, 4.69) is 45.3 Å². The zero-order chi connectivity index (χ0) is 12.1. The van der Waals surface area contributed by atoms with E-state index in [-0.39, 0.29) is 0 Å². The van der Waals surface area contributed by atoms with Crippen LogP contribution >= 0.6 is 0 Å². The van der Waals surface area contributed by atoms with Gasteiger partial charge in [0.1, 0.15) is 0 Å². The number of allylic oxidation sites excluding steroid dienone is 3. The summed E-state index contributed by atoms with van der Waals surface area (Å²) in [5.41, 5.74) is 3.61. The third-order valence-electron chi connectivity index (χ3n) is 3.70. The third-order valence-corrected chi connectivity index (χ3v) is 3.70. The number of rotatable bonds is 5. The highest BCUT2D eigenvalue weighted by Gasteiger charge is 2.18. The van der Waals surface area contributed by atoms with Crippen LogP contribution < -0.4 is 0 Å². The van der Waals surface area contributed by atoms with Crippen LogP contribution in [0.5, 0.6) is 0 Å². The summed E-state index contributed by atoms with van der Waals surface area (Å²) in [5.74, 6) is 1.31. The van der Waals surface area contributed by atoms with Crippen molar-refractivity contribution in [3.63, 3.8) is 0 Å². The molecule has 1 nitrogen and oxygen atoms in total. The second-order valence-electron chi connectivity index (χ2n) is 5.05. The molecule has 0 aliphatic heterocycles. The molecule has 0 heterocycles. The first-order chi connectivity index (χ1) is 7.54. The zero-order valence-electron chi connectivity index (χ0n) is 11.2. The Morgan fingerprint density at radius 2 is 2.06 bits per heavy atom. The van der Waals surface area contributed by atoms with E-state index in [1.807, 2.05) is 0 Å². The van der Waals surface area contributed by atoms with Crippen molar-refractivity contribution < 1.29 is 0 Å². The smallest absolute Gasteiger partial charge is 0.0374 e. The van der Waals surface area contributed by atoms with Crippen molar-refractivity contribution in [1.82, 2.24) is 0 Å². The van der Waals surface area contributed by atoms with Crippen molar-refractivity contribution in [2.24, 2.45) is 16.8 Å². The highest BCUT2D eigenvalue weighted by atomic mass is 14.7. The van der Waals surface area contributed by atoms with Gasteiger partial charge in [0.25, 0.3) is 0 Å². The summed E-state index contributed by atoms with van der Waals surface area (Å²) in [4.78, 5) is 4.65. The average Bonchev–Trinajstić information content (AvgIpc) is 2.12. The highest BCUT2D eigenvalue weighted by molar-refractivity contribution is 5.84. The molecule has 16 heavy (non-hydrogen) atoms. The first-order valence-corrected chi connectivity index (χ1v) is 6.46. The normalized spacial score (nSPS) is 20.5. The molecule has 0 saturated heterocycles. The predicted octanol–water partition coefficient (Wildman–Crippen LogP) is 4.75. The average molecular weight is 219 g/mol. The van der Waals surface area contributed by atoms with Crippen molar-refractivity contribution in [2.75, 3.05) is 0 Å². The van der Waals surface area contributed by atoms with Gasteiger partial charge in [-0.3, -0.25) is 4.99 Å². The van der Waals surface area contributed by atoms with Crippen LogP contribution in [0.2, 0.25) is 0 Å². The first kappa shape index (κ1) is 13.2. The third kappa shape index (κ3) is 3.62. The molecule has 0 amide bonds. The molecule has 1 saturated carbocycles. The van der Waals surface area contributed by atoms with Crippen LogP contribution in [0.25, 0.3) is 0 Å². The molecule has 1 atom stereocenters. The van der Waals surface area contributed by atoms with Gasteiger partial charge in [0.05, 0.1) is 0 Å². The van der Waals surface area contributed by atoms with Gasteiger partial charge in [0.15, 0.2) is 0 Å². The quantitative estimate of drug-likeness (QED) is 0.467. The van der Waals surface area contributed by atoms with E-state index >= 15 is 0 Å². The monoisotopic (exact) mass is 219 g/mol. The molecule has 1 unspecified atom stereocenters. The molecule has 0 bridgehead atoms. The van der Waals surface area contributed by atoms with Crippen LogP contribution in [0.1, 0.15) is 53.4 Å². The lowest BCUT2D eigenvalue weighted by Gasteiger charge is -2.26. The fourth-order valence-corrected chi connectivity index (χ4v) is 1.88. The minimum atomic E-state index is 0.584. The Morgan fingerprint density at radius 1 is 1.44 bits per heavy atom. The lowest BCUT2D eigenvalue weighted by Crippen LogP contribution is -2.12. The van der Waals surface area contributed by atoms with Gasteiger partial charge in [0, 0.05) is 11.4 Å². The molecule has 1 aliphatic carbocycles. The maximum atomic E-state index is 4.65. The summed E-state index contributed by atoms with van der Waals surface area (Å²) in [5, 5.41) is 0. The van der Waals surface area contributed by atoms with Gasteiger partial charge >= 0.3 is 0 Å². The number of hydrogen-bond donors (Lipinski definition) is 0. The maximum Gasteiger partial charge on any atom is 0.0374 e. The lowest BCUT2D eigenvalue weighted by atomic mass is 9.80. The molecule has 0 spiro atoms. The molecule has 1 fully saturated rings. The van der Waals surface area contributed by atoms with Crippen molar-refractivity contribution >= 4 is 5.71 Å². The summed E-state index contributed by atoms with van der Waals surface area (Å²) in [6.45, 7) is 12.8. The van der Waals surface area contributed by atoms with E-state index in [9.17, 15) is 0 Å². The summed E-state index contributed by atoms with van der Waals surface area (Å²) >= 11 is 0. The maximum absolute atomic E-state index is 4.65. The van der Waals surface area contributed by atoms with E-state index in [0.717, 1.165) is 18.0 Å². The van der Waals surface area contributed by atoms with Crippen LogP contribution in [0.4, 0.5) is 0 Å². The van der Waals surface area contributed by atoms with Crippen molar-refractivity contribution in [3.05, 3.63) is 23.9 Å². The Hall–Kier alpha value is -0.850. The van der Waals surface area contributed by atoms with Gasteiger partial charge < -0.3 is 0 Å². The molecule has 1 heteroatoms. The fraction of sp³-hybridized carbons (Fsp3) is 0.667. The summed E-state index contributed by atoms with van der Waals surface area (Å²) < 4.78 is 0. The molecule has 0 radical (unpaired) electrons. The summed E-state index contributed by atoms with van der Waals surface area (Å²) in [6, 6.07) is 0. The van der Waals surface area contributed by atoms with Crippen LogP contribution in [-0.4, -0.2) is 5.71 Å². The second-order valence-corrected chi connectivity index (χ2v) is 5.05. The summed E-state index contributed by atoms with van der Waals surface area (Å²) in [6.07, 6.45) is 7.32. The van der Waals surface area contributed by atoms with Gasteiger partial charge in [-0.05, 0) is 51.0 Å². The molecule has 0 aromatic heterocycles. The van der Waals surface area contributed by atoms with Crippen LogP contribution in [0.15, 0.2) is 28.9 Å². The molecule has 1 rings (SSSR count). The first-order valence-electron chi connectivity index (χ1n) is 6.46. The molecule has 90 valence electrons. The highest BCUT2D eigenvalue weighted by Crippen LogP contribution is 2.33. The molecule has 0 aromatic rings. The van der Waals surface area contributed by atoms with E-state index in [4.69, 9.17) is 0 Å². The number of nitrogens with zero attached hydrogens (tertiary/aromatic N) is 1. The largest absolute Gasteiger partial charge is 0.263 e. The van der Waals surface area contributed by atoms with E-state index < -0.39 is 0 Å². The Kier molecular flexibility index (Phi) is 4.98. The number of aliphatic imine (C=N–C) groups is 1. The van der Waals surface area contributed by atoms with Gasteiger partial charge in [-0.25, -0.2) is 0 Å². The minimum Gasteiger partial charge on any atom is -0.263 e. The fourth-order valence-electron chi connectivity index (χ4n) is 1.88. The Morgan fingerprint density at radius 3 is 2.50 bits per heavy atom.